The molecule has 5 nitrogen and oxygen atoms in total. The molecular weight excluding hydrogens is 399 g/mol. The van der Waals surface area contributed by atoms with Gasteiger partial charge < -0.3 is 5.32 Å². The Labute approximate surface area is 180 Å². The Kier molecular flexibility index (Phi) is 6.20. The lowest BCUT2D eigenvalue weighted by Gasteiger charge is -2.39. The molecule has 0 radical (unpaired) electrons. The zero-order chi connectivity index (χ0) is 21.3. The molecule has 1 saturated heterocycles. The molecule has 1 aliphatic heterocycles. The third-order valence-corrected chi connectivity index (χ3v) is 7.32. The monoisotopic (exact) mass is 428 g/mol. The largest absolute Gasteiger partial charge is 0.351 e. The fraction of sp³-hybridized carbons (Fsp3) is 0.478. The number of nitrogens with one attached hydrogen (secondary N) is 1. The average Bonchev–Trinajstić information content (AvgIpc) is 3.28. The number of rotatable bonds is 6. The third kappa shape index (κ3) is 4.14. The zero-order valence-electron chi connectivity index (χ0n) is 17.8. The topological polar surface area (TPSA) is 50.2 Å². The van der Waals surface area contributed by atoms with Crippen molar-refractivity contribution >= 4 is 27.5 Å². The number of piperidine rings is 1. The van der Waals surface area contributed by atoms with Crippen molar-refractivity contribution in [3.05, 3.63) is 41.0 Å². The number of amides is 1. The van der Waals surface area contributed by atoms with Crippen molar-refractivity contribution in [1.82, 2.24) is 20.0 Å². The van der Waals surface area contributed by atoms with Gasteiger partial charge in [-0.15, -0.1) is 11.3 Å². The molecule has 2 aromatic heterocycles. The summed E-state index contributed by atoms with van der Waals surface area (Å²) in [7, 11) is 1.83. The Hall–Kier alpha value is -2.25. The Morgan fingerprint density at radius 2 is 2.00 bits per heavy atom. The van der Waals surface area contributed by atoms with Crippen LogP contribution in [-0.2, 0) is 7.05 Å². The van der Waals surface area contributed by atoms with Crippen molar-refractivity contribution in [3.63, 3.8) is 0 Å². The van der Waals surface area contributed by atoms with Crippen LogP contribution in [0.1, 0.15) is 49.2 Å². The van der Waals surface area contributed by atoms with Crippen molar-refractivity contribution in [3.8, 4) is 11.3 Å². The highest BCUT2D eigenvalue weighted by molar-refractivity contribution is 7.20. The van der Waals surface area contributed by atoms with E-state index < -0.39 is 0 Å². The maximum atomic E-state index is 14.3. The summed E-state index contributed by atoms with van der Waals surface area (Å²) in [6, 6.07) is 9.68. The van der Waals surface area contributed by atoms with Crippen LogP contribution in [0.3, 0.4) is 0 Å². The molecule has 3 heterocycles. The molecule has 0 bridgehead atoms. The summed E-state index contributed by atoms with van der Waals surface area (Å²) in [5.41, 5.74) is 1.03. The highest BCUT2D eigenvalue weighted by atomic mass is 32.1. The van der Waals surface area contributed by atoms with E-state index in [0.29, 0.717) is 34.8 Å². The maximum Gasteiger partial charge on any atom is 0.261 e. The normalized spacial score (nSPS) is 20.0. The molecule has 0 saturated carbocycles. The Morgan fingerprint density at radius 3 is 2.73 bits per heavy atom. The number of aryl methyl sites for hydroxylation is 1. The summed E-state index contributed by atoms with van der Waals surface area (Å²) in [4.78, 5) is 16.8. The van der Waals surface area contributed by atoms with Crippen molar-refractivity contribution in [2.24, 2.45) is 7.05 Å². The van der Waals surface area contributed by atoms with Crippen molar-refractivity contribution in [2.75, 3.05) is 13.1 Å². The fourth-order valence-electron chi connectivity index (χ4n) is 4.47. The average molecular weight is 429 g/mol. The molecule has 1 amide bonds. The van der Waals surface area contributed by atoms with Gasteiger partial charge in [-0.25, -0.2) is 4.39 Å². The van der Waals surface area contributed by atoms with Crippen LogP contribution >= 0.6 is 11.3 Å². The van der Waals surface area contributed by atoms with Gasteiger partial charge in [0.05, 0.1) is 4.88 Å². The van der Waals surface area contributed by atoms with E-state index >= 15 is 0 Å². The van der Waals surface area contributed by atoms with Crippen LogP contribution in [-0.4, -0.2) is 45.8 Å². The number of nitrogens with zero attached hydrogens (tertiary/aromatic N) is 3. The lowest BCUT2D eigenvalue weighted by molar-refractivity contribution is 0.0929. The van der Waals surface area contributed by atoms with Crippen LogP contribution in [0.4, 0.5) is 4.39 Å². The van der Waals surface area contributed by atoms with E-state index in [1.165, 1.54) is 36.7 Å². The van der Waals surface area contributed by atoms with Gasteiger partial charge in [0.1, 0.15) is 16.3 Å². The van der Waals surface area contributed by atoms with Crippen molar-refractivity contribution in [1.29, 1.82) is 0 Å². The second-order valence-electron chi connectivity index (χ2n) is 8.26. The van der Waals surface area contributed by atoms with Gasteiger partial charge in [-0.05, 0) is 51.3 Å². The number of aromatic nitrogens is 2. The molecule has 7 heteroatoms. The van der Waals surface area contributed by atoms with Gasteiger partial charge in [0.15, 0.2) is 0 Å². The van der Waals surface area contributed by atoms with Gasteiger partial charge >= 0.3 is 0 Å². The molecule has 4 rings (SSSR count). The molecule has 0 spiro atoms. The predicted molar refractivity (Wildman–Crippen MR) is 120 cm³/mol. The zero-order valence-corrected chi connectivity index (χ0v) is 18.6. The third-order valence-electron chi connectivity index (χ3n) is 6.12. The Bertz CT molecular complexity index is 1030. The number of likely N-dealkylation sites (tertiary alicyclic amines) is 1. The van der Waals surface area contributed by atoms with Gasteiger partial charge in [0.2, 0.25) is 0 Å². The first-order valence-corrected chi connectivity index (χ1v) is 11.5. The van der Waals surface area contributed by atoms with E-state index in [-0.39, 0.29) is 11.7 Å². The van der Waals surface area contributed by atoms with Gasteiger partial charge in [-0.3, -0.25) is 14.4 Å². The van der Waals surface area contributed by atoms with E-state index in [4.69, 9.17) is 0 Å². The molecule has 1 aromatic carbocycles. The van der Waals surface area contributed by atoms with Crippen LogP contribution in [0, 0.1) is 5.82 Å². The Balaban J connectivity index is 1.42. The number of benzene rings is 1. The van der Waals surface area contributed by atoms with Crippen LogP contribution in [0.5, 0.6) is 0 Å². The first-order chi connectivity index (χ1) is 14.5. The molecule has 2 unspecified atom stereocenters. The highest BCUT2D eigenvalue weighted by Gasteiger charge is 2.24. The summed E-state index contributed by atoms with van der Waals surface area (Å²) in [5.74, 6) is -0.383. The molecule has 2 atom stereocenters. The molecule has 160 valence electrons. The standard InChI is InChI=1S/C23H29FN4OS/c1-15-8-6-9-16(2)28(15)13-7-12-25-22(29)20-14-18-21(26-27(3)23(18)30-20)17-10-4-5-11-19(17)24/h4-5,10-11,14-16H,6-9,12-13H2,1-3H3,(H,25,29). The molecule has 1 aliphatic rings. The summed E-state index contributed by atoms with van der Waals surface area (Å²) in [6.45, 7) is 6.26. The number of fused-ring (bicyclic) bond motifs is 1. The second kappa shape index (κ2) is 8.86. The van der Waals surface area contributed by atoms with E-state index in [1.54, 1.807) is 22.9 Å². The fourth-order valence-corrected chi connectivity index (χ4v) is 5.46. The summed E-state index contributed by atoms with van der Waals surface area (Å²) in [6.07, 6.45) is 4.77. The SMILES string of the molecule is CC1CCCC(C)N1CCCNC(=O)c1cc2c(-c3ccccc3F)nn(C)c2s1. The van der Waals surface area contributed by atoms with Gasteiger partial charge in [-0.1, -0.05) is 18.6 Å². The van der Waals surface area contributed by atoms with Gasteiger partial charge in [0.25, 0.3) is 5.91 Å². The summed E-state index contributed by atoms with van der Waals surface area (Å²) >= 11 is 1.40. The van der Waals surface area contributed by atoms with Crippen LogP contribution < -0.4 is 5.32 Å². The van der Waals surface area contributed by atoms with Crippen LogP contribution in [0.15, 0.2) is 30.3 Å². The van der Waals surface area contributed by atoms with E-state index in [1.807, 2.05) is 13.1 Å². The van der Waals surface area contributed by atoms with Gasteiger partial charge in [0, 0.05) is 43.2 Å². The molecule has 3 aromatic rings. The van der Waals surface area contributed by atoms with E-state index in [0.717, 1.165) is 23.2 Å². The van der Waals surface area contributed by atoms with E-state index in [2.05, 4.69) is 29.2 Å². The lowest BCUT2D eigenvalue weighted by atomic mass is 9.97. The highest BCUT2D eigenvalue weighted by Crippen LogP contribution is 2.34. The molecular formula is C23H29FN4OS. The smallest absolute Gasteiger partial charge is 0.261 e. The number of thiophene rings is 1. The second-order valence-corrected chi connectivity index (χ2v) is 9.29. The minimum absolute atomic E-state index is 0.0737. The molecule has 1 fully saturated rings. The van der Waals surface area contributed by atoms with Gasteiger partial charge in [-0.2, -0.15) is 5.10 Å². The predicted octanol–water partition coefficient (Wildman–Crippen LogP) is 4.82. The lowest BCUT2D eigenvalue weighted by Crippen LogP contribution is -2.44. The molecule has 30 heavy (non-hydrogen) atoms. The summed E-state index contributed by atoms with van der Waals surface area (Å²) < 4.78 is 16.0. The number of hydrogen-bond donors (Lipinski definition) is 1. The number of hydrogen-bond acceptors (Lipinski definition) is 4. The maximum absolute atomic E-state index is 14.3. The van der Waals surface area contributed by atoms with Crippen LogP contribution in [0.25, 0.3) is 21.5 Å². The number of carbonyl (C=O) groups excluding carboxylic acids is 1. The summed E-state index contributed by atoms with van der Waals surface area (Å²) in [5, 5.41) is 8.34. The van der Waals surface area contributed by atoms with Crippen molar-refractivity contribution in [2.45, 2.75) is 51.6 Å². The molecule has 0 aliphatic carbocycles. The van der Waals surface area contributed by atoms with Crippen LogP contribution in [0.2, 0.25) is 0 Å². The number of halogens is 1. The quantitative estimate of drug-likeness (QED) is 0.573. The van der Waals surface area contributed by atoms with E-state index in [9.17, 15) is 9.18 Å². The Morgan fingerprint density at radius 1 is 1.27 bits per heavy atom. The number of carbonyl (C=O) groups is 1. The first-order valence-electron chi connectivity index (χ1n) is 10.7. The minimum atomic E-state index is -0.309. The first kappa shape index (κ1) is 21.0. The van der Waals surface area contributed by atoms with Crippen molar-refractivity contribution < 1.29 is 9.18 Å². The molecule has 1 N–H and O–H groups in total. The minimum Gasteiger partial charge on any atom is -0.351 e.